The summed E-state index contributed by atoms with van der Waals surface area (Å²) in [5, 5.41) is 0. The van der Waals surface area contributed by atoms with Crippen molar-refractivity contribution in [3.05, 3.63) is 120 Å². The van der Waals surface area contributed by atoms with Crippen molar-refractivity contribution in [1.29, 1.82) is 0 Å². The third kappa shape index (κ3) is 5.89. The van der Waals surface area contributed by atoms with E-state index in [0.29, 0.717) is 30.9 Å². The lowest BCUT2D eigenvalue weighted by Crippen LogP contribution is -2.36. The minimum atomic E-state index is -0.807. The zero-order valence-electron chi connectivity index (χ0n) is 26.9. The van der Waals surface area contributed by atoms with E-state index in [2.05, 4.69) is 22.6 Å². The van der Waals surface area contributed by atoms with E-state index in [4.69, 9.17) is 15.2 Å². The number of aliphatic imine (C=N–C) groups is 1. The lowest BCUT2D eigenvalue weighted by molar-refractivity contribution is -0.123. The van der Waals surface area contributed by atoms with Crippen molar-refractivity contribution in [3.8, 4) is 22.8 Å². The molecule has 7 rings (SSSR count). The van der Waals surface area contributed by atoms with Gasteiger partial charge in [-0.1, -0.05) is 66.7 Å². The van der Waals surface area contributed by atoms with Gasteiger partial charge in [0.15, 0.2) is 0 Å². The van der Waals surface area contributed by atoms with Crippen molar-refractivity contribution in [2.45, 2.75) is 56.9 Å². The Morgan fingerprint density at radius 3 is 2.57 bits per heavy atom. The molecule has 3 aliphatic rings. The van der Waals surface area contributed by atoms with E-state index in [1.165, 1.54) is 6.07 Å². The van der Waals surface area contributed by atoms with E-state index in [1.54, 1.807) is 31.7 Å². The van der Waals surface area contributed by atoms with E-state index in [0.717, 1.165) is 58.4 Å². The van der Waals surface area contributed by atoms with Crippen molar-refractivity contribution in [1.82, 2.24) is 4.98 Å². The molecule has 47 heavy (non-hydrogen) atoms. The van der Waals surface area contributed by atoms with Crippen LogP contribution in [0.15, 0.2) is 96.6 Å². The summed E-state index contributed by atoms with van der Waals surface area (Å²) in [5.74, 6) is 0.681. The van der Waals surface area contributed by atoms with Crippen molar-refractivity contribution in [3.63, 3.8) is 0 Å². The van der Waals surface area contributed by atoms with Crippen LogP contribution in [0, 0.1) is 23.6 Å². The number of nitrogens with zero attached hydrogens (tertiary/aromatic N) is 2. The number of rotatable bonds is 10. The third-order valence-corrected chi connectivity index (χ3v) is 10.5. The Labute approximate surface area is 275 Å². The fourth-order valence-electron chi connectivity index (χ4n) is 7.44. The lowest BCUT2D eigenvalue weighted by Gasteiger charge is -2.29. The number of amides is 1. The van der Waals surface area contributed by atoms with Gasteiger partial charge in [-0.05, 0) is 84.9 Å². The molecule has 2 heterocycles. The van der Waals surface area contributed by atoms with Crippen LogP contribution in [0.5, 0.6) is 11.6 Å². The first kappa shape index (κ1) is 31.0. The van der Waals surface area contributed by atoms with Gasteiger partial charge in [-0.25, -0.2) is 14.4 Å². The van der Waals surface area contributed by atoms with Crippen LogP contribution in [-0.2, 0) is 4.79 Å². The molecule has 0 spiro atoms. The number of methoxy groups -OCH3 is 1. The quantitative estimate of drug-likeness (QED) is 0.179. The number of nitrogens with two attached hydrogens (primary N) is 1. The van der Waals surface area contributed by atoms with Gasteiger partial charge in [-0.15, -0.1) is 0 Å². The van der Waals surface area contributed by atoms with Gasteiger partial charge in [-0.3, -0.25) is 4.79 Å². The normalized spacial score (nSPS) is 23.0. The zero-order chi connectivity index (χ0) is 32.8. The van der Waals surface area contributed by atoms with Gasteiger partial charge < -0.3 is 15.2 Å². The number of aromatic nitrogens is 1. The van der Waals surface area contributed by atoms with E-state index < -0.39 is 5.41 Å². The molecule has 2 fully saturated rings. The topological polar surface area (TPSA) is 86.8 Å². The number of halogens is 1. The summed E-state index contributed by atoms with van der Waals surface area (Å²) >= 11 is 0. The molecule has 1 amide bonds. The monoisotopic (exact) mass is 629 g/mol. The molecular formula is C40H40FN3O3. The Hall–Kier alpha value is -4.62. The number of hydrogen-bond acceptors (Lipinski definition) is 5. The summed E-state index contributed by atoms with van der Waals surface area (Å²) in [6.45, 7) is 7.05. The molecule has 240 valence electrons. The van der Waals surface area contributed by atoms with E-state index in [1.807, 2.05) is 61.5 Å². The minimum Gasteiger partial charge on any atom is -0.493 e. The lowest BCUT2D eigenvalue weighted by atomic mass is 9.78. The SMILES string of the molecule is C=C(c1ccc(-c2ccc(OC)nc2)cc1)[C@H](N)C1(C[C@]2(C(=O)N=CC3CCOc4ccc(C)cc43)C[C@H]2c2ccccc2F)CC1. The van der Waals surface area contributed by atoms with Gasteiger partial charge in [0.05, 0.1) is 19.1 Å². The number of aryl methyl sites for hydroxylation is 1. The molecule has 0 saturated heterocycles. The summed E-state index contributed by atoms with van der Waals surface area (Å²) in [6, 6.07) is 24.5. The van der Waals surface area contributed by atoms with Gasteiger partial charge in [0.2, 0.25) is 5.88 Å². The van der Waals surface area contributed by atoms with Crippen molar-refractivity contribution < 1.29 is 18.7 Å². The highest BCUT2D eigenvalue weighted by atomic mass is 19.1. The molecule has 0 bridgehead atoms. The Balaban J connectivity index is 1.13. The van der Waals surface area contributed by atoms with E-state index in [9.17, 15) is 4.79 Å². The van der Waals surface area contributed by atoms with Crippen molar-refractivity contribution in [2.75, 3.05) is 13.7 Å². The molecule has 0 radical (unpaired) electrons. The minimum absolute atomic E-state index is 0.0149. The Morgan fingerprint density at radius 2 is 1.87 bits per heavy atom. The number of carbonyl (C=O) groups is 1. The van der Waals surface area contributed by atoms with Crippen LogP contribution in [0.25, 0.3) is 16.7 Å². The highest BCUT2D eigenvalue weighted by Gasteiger charge is 2.66. The number of fused-ring (bicyclic) bond motifs is 1. The number of ether oxygens (including phenoxy) is 2. The van der Waals surface area contributed by atoms with Gasteiger partial charge in [-0.2, -0.15) is 0 Å². The summed E-state index contributed by atoms with van der Waals surface area (Å²) in [7, 11) is 1.60. The van der Waals surface area contributed by atoms with E-state index >= 15 is 4.39 Å². The number of hydrogen-bond donors (Lipinski definition) is 1. The Morgan fingerprint density at radius 1 is 1.11 bits per heavy atom. The number of benzene rings is 3. The van der Waals surface area contributed by atoms with Crippen LogP contribution >= 0.6 is 0 Å². The molecule has 1 aromatic heterocycles. The maximum Gasteiger partial charge on any atom is 0.252 e. The summed E-state index contributed by atoms with van der Waals surface area (Å²) in [4.78, 5) is 23.1. The van der Waals surface area contributed by atoms with Gasteiger partial charge in [0.1, 0.15) is 11.6 Å². The summed E-state index contributed by atoms with van der Waals surface area (Å²) in [5.41, 5.74) is 12.5. The maximum atomic E-state index is 15.1. The van der Waals surface area contributed by atoms with E-state index in [-0.39, 0.29) is 35.0 Å². The molecule has 2 aliphatic carbocycles. The fraction of sp³-hybridized carbons (Fsp3) is 0.325. The van der Waals surface area contributed by atoms with Crippen LogP contribution in [0.4, 0.5) is 4.39 Å². The predicted octanol–water partition coefficient (Wildman–Crippen LogP) is 8.05. The first-order chi connectivity index (χ1) is 22.7. The summed E-state index contributed by atoms with van der Waals surface area (Å²) in [6.07, 6.45) is 7.21. The third-order valence-electron chi connectivity index (χ3n) is 10.5. The summed E-state index contributed by atoms with van der Waals surface area (Å²) < 4.78 is 26.1. The van der Waals surface area contributed by atoms with Gasteiger partial charge >= 0.3 is 0 Å². The van der Waals surface area contributed by atoms with Crippen LogP contribution < -0.4 is 15.2 Å². The second-order valence-electron chi connectivity index (χ2n) is 13.5. The van der Waals surface area contributed by atoms with Crippen LogP contribution in [0.3, 0.4) is 0 Å². The van der Waals surface area contributed by atoms with Crippen LogP contribution in [-0.4, -0.2) is 36.9 Å². The average molecular weight is 630 g/mol. The number of carbonyl (C=O) groups excluding carboxylic acids is 1. The molecule has 1 unspecified atom stereocenters. The van der Waals surface area contributed by atoms with Crippen LogP contribution in [0.1, 0.15) is 66.2 Å². The second kappa shape index (κ2) is 12.2. The van der Waals surface area contributed by atoms with Crippen LogP contribution in [0.2, 0.25) is 0 Å². The molecule has 1 aliphatic heterocycles. The standard InChI is InChI=1S/C40H40FN3O3/c1-25-8-14-35-32(20-25)30(16-19-47-35)23-44-38(45)40(21-33(40)31-6-4-5-7-34(31)41)24-39(17-18-39)37(42)26(2)27-9-11-28(12-10-27)29-13-15-36(46-3)43-22-29/h4-15,20,22-23,30,33,37H,2,16-19,21,24,42H2,1,3H3/t30?,33-,37-,40+/m0/s1. The molecule has 3 aromatic carbocycles. The highest BCUT2D eigenvalue weighted by molar-refractivity contribution is 5.94. The van der Waals surface area contributed by atoms with Gasteiger partial charge in [0, 0.05) is 47.5 Å². The van der Waals surface area contributed by atoms with Crippen molar-refractivity contribution >= 4 is 17.7 Å². The predicted molar refractivity (Wildman–Crippen MR) is 183 cm³/mol. The molecule has 2 N–H and O–H groups in total. The molecule has 7 heteroatoms. The first-order valence-corrected chi connectivity index (χ1v) is 16.3. The first-order valence-electron chi connectivity index (χ1n) is 16.3. The molecule has 4 aromatic rings. The highest BCUT2D eigenvalue weighted by Crippen LogP contribution is 2.70. The fourth-order valence-corrected chi connectivity index (χ4v) is 7.44. The molecular weight excluding hydrogens is 589 g/mol. The largest absolute Gasteiger partial charge is 0.493 e. The second-order valence-corrected chi connectivity index (χ2v) is 13.5. The number of pyridine rings is 1. The van der Waals surface area contributed by atoms with Crippen molar-refractivity contribution in [2.24, 2.45) is 21.6 Å². The Bertz CT molecular complexity index is 1850. The smallest absolute Gasteiger partial charge is 0.252 e. The van der Waals surface area contributed by atoms with Gasteiger partial charge in [0.25, 0.3) is 5.91 Å². The average Bonchev–Trinajstić information content (AvgIpc) is 4.04. The zero-order valence-corrected chi connectivity index (χ0v) is 26.9. The Kier molecular flexibility index (Phi) is 8.04. The maximum absolute atomic E-state index is 15.1. The molecule has 2 saturated carbocycles. The molecule has 4 atom stereocenters. The molecule has 6 nitrogen and oxygen atoms in total.